The number of rotatable bonds is 11. The predicted octanol–water partition coefficient (Wildman–Crippen LogP) is 3.84. The first-order chi connectivity index (χ1) is 16.2. The number of carbonyl (C=O) groups is 1. The molecule has 3 aromatic rings. The fourth-order valence-electron chi connectivity index (χ4n) is 3.16. The molecule has 3 aromatic carbocycles. The second-order valence-corrected chi connectivity index (χ2v) is 11.0. The van der Waals surface area contributed by atoms with Crippen molar-refractivity contribution in [3.8, 4) is 0 Å². The quantitative estimate of drug-likeness (QED) is 0.272. The summed E-state index contributed by atoms with van der Waals surface area (Å²) in [7, 11) is -7.88. The van der Waals surface area contributed by atoms with Crippen molar-refractivity contribution in [1.29, 1.82) is 0 Å². The van der Waals surface area contributed by atoms with Crippen LogP contribution in [0.25, 0.3) is 0 Å². The topological polar surface area (TPSA) is 121 Å². The van der Waals surface area contributed by atoms with Crippen LogP contribution in [0.2, 0.25) is 0 Å². The Morgan fingerprint density at radius 1 is 0.735 bits per heavy atom. The van der Waals surface area contributed by atoms with Crippen LogP contribution in [-0.4, -0.2) is 22.7 Å². The highest BCUT2D eigenvalue weighted by Gasteiger charge is 2.18. The molecule has 0 aliphatic heterocycles. The Hall–Kier alpha value is -3.21. The van der Waals surface area contributed by atoms with Crippen molar-refractivity contribution in [2.75, 3.05) is 4.72 Å². The summed E-state index contributed by atoms with van der Waals surface area (Å²) in [6.45, 7) is 2.13. The van der Waals surface area contributed by atoms with Crippen LogP contribution in [0, 0.1) is 0 Å². The average Bonchev–Trinajstić information content (AvgIpc) is 2.84. The summed E-state index contributed by atoms with van der Waals surface area (Å²) in [5.74, 6) is -0.607. The molecule has 0 aliphatic rings. The van der Waals surface area contributed by atoms with Gasteiger partial charge < -0.3 is 0 Å². The fourth-order valence-corrected chi connectivity index (χ4v) is 5.06. The summed E-state index contributed by atoms with van der Waals surface area (Å²) in [6.07, 6.45) is 4.20. The van der Waals surface area contributed by atoms with Crippen LogP contribution in [0.15, 0.2) is 88.7 Å². The number of hydrogen-bond donors (Lipinski definition) is 3. The Labute approximate surface area is 200 Å². The van der Waals surface area contributed by atoms with Gasteiger partial charge in [0.2, 0.25) is 0 Å². The zero-order valence-corrected chi connectivity index (χ0v) is 20.3. The molecule has 10 heteroatoms. The minimum atomic E-state index is -4.05. The molecule has 1 amide bonds. The second kappa shape index (κ2) is 11.3. The van der Waals surface area contributed by atoms with Crippen LogP contribution in [0.3, 0.4) is 0 Å². The van der Waals surface area contributed by atoms with Crippen molar-refractivity contribution in [2.45, 2.75) is 42.4 Å². The van der Waals surface area contributed by atoms with Crippen LogP contribution in [0.1, 0.15) is 42.1 Å². The lowest BCUT2D eigenvalue weighted by molar-refractivity contribution is 0.0945. The van der Waals surface area contributed by atoms with Crippen LogP contribution in [-0.2, 0) is 26.5 Å². The number of carbonyl (C=O) groups excluding carboxylic acids is 1. The maximum Gasteiger partial charge on any atom is 0.266 e. The van der Waals surface area contributed by atoms with Crippen molar-refractivity contribution >= 4 is 31.6 Å². The van der Waals surface area contributed by atoms with Gasteiger partial charge in [-0.1, -0.05) is 50.1 Å². The first kappa shape index (κ1) is 25.4. The van der Waals surface area contributed by atoms with E-state index in [0.29, 0.717) is 5.56 Å². The van der Waals surface area contributed by atoms with Crippen LogP contribution in [0.4, 0.5) is 5.69 Å². The Bertz CT molecular complexity index is 1310. The number of aryl methyl sites for hydroxylation is 1. The summed E-state index contributed by atoms with van der Waals surface area (Å²) in [5.41, 5.74) is 3.72. The minimum Gasteiger partial charge on any atom is -0.280 e. The van der Waals surface area contributed by atoms with E-state index in [1.54, 1.807) is 54.6 Å². The van der Waals surface area contributed by atoms with Crippen LogP contribution in [0.5, 0.6) is 0 Å². The van der Waals surface area contributed by atoms with E-state index in [4.69, 9.17) is 0 Å². The smallest absolute Gasteiger partial charge is 0.266 e. The van der Waals surface area contributed by atoms with E-state index in [9.17, 15) is 21.6 Å². The van der Waals surface area contributed by atoms with Gasteiger partial charge in [-0.15, -0.1) is 4.83 Å². The molecule has 0 saturated carbocycles. The van der Waals surface area contributed by atoms with Gasteiger partial charge in [0.15, 0.2) is 0 Å². The molecule has 0 spiro atoms. The molecule has 0 fully saturated rings. The third-order valence-corrected chi connectivity index (χ3v) is 7.72. The third-order valence-electron chi connectivity index (χ3n) is 5.05. The highest BCUT2D eigenvalue weighted by molar-refractivity contribution is 7.92. The van der Waals surface area contributed by atoms with E-state index in [-0.39, 0.29) is 15.5 Å². The molecule has 0 bridgehead atoms. The molecule has 0 aromatic heterocycles. The molecule has 0 saturated heterocycles. The SMILES string of the molecule is CCCCCc1ccc(S(=O)(=O)Nc2ccc(S(=O)(=O)NNC(=O)c3ccccc3)cc2)cc1. The molecular weight excluding hydrogens is 474 g/mol. The van der Waals surface area contributed by atoms with E-state index >= 15 is 0 Å². The van der Waals surface area contributed by atoms with Crippen molar-refractivity contribution in [1.82, 2.24) is 10.3 Å². The monoisotopic (exact) mass is 501 g/mol. The van der Waals surface area contributed by atoms with E-state index < -0.39 is 26.0 Å². The number of benzene rings is 3. The maximum atomic E-state index is 12.7. The predicted molar refractivity (Wildman–Crippen MR) is 131 cm³/mol. The highest BCUT2D eigenvalue weighted by atomic mass is 32.2. The Balaban J connectivity index is 1.62. The number of hydrogen-bond acceptors (Lipinski definition) is 5. The van der Waals surface area contributed by atoms with Crippen molar-refractivity contribution in [2.24, 2.45) is 0 Å². The molecule has 8 nitrogen and oxygen atoms in total. The number of amides is 1. The second-order valence-electron chi connectivity index (χ2n) is 7.66. The van der Waals surface area contributed by atoms with E-state index in [1.807, 2.05) is 4.83 Å². The molecule has 34 heavy (non-hydrogen) atoms. The van der Waals surface area contributed by atoms with Gasteiger partial charge in [0.25, 0.3) is 26.0 Å². The van der Waals surface area contributed by atoms with E-state index in [0.717, 1.165) is 31.2 Å². The summed E-state index contributed by atoms with van der Waals surface area (Å²) in [5, 5.41) is 0. The van der Waals surface area contributed by atoms with Gasteiger partial charge in [0.1, 0.15) is 0 Å². The largest absolute Gasteiger partial charge is 0.280 e. The van der Waals surface area contributed by atoms with Crippen molar-refractivity contribution in [3.63, 3.8) is 0 Å². The molecular formula is C24H27N3O5S2. The highest BCUT2D eigenvalue weighted by Crippen LogP contribution is 2.19. The molecule has 180 valence electrons. The molecule has 0 unspecified atom stereocenters. The molecule has 0 radical (unpaired) electrons. The lowest BCUT2D eigenvalue weighted by Gasteiger charge is -2.11. The van der Waals surface area contributed by atoms with Crippen molar-refractivity contribution < 1.29 is 21.6 Å². The Morgan fingerprint density at radius 3 is 1.94 bits per heavy atom. The number of unbranched alkanes of at least 4 members (excludes halogenated alkanes) is 2. The van der Waals surface area contributed by atoms with E-state index in [1.165, 1.54) is 24.3 Å². The van der Waals surface area contributed by atoms with Gasteiger partial charge in [0.05, 0.1) is 9.79 Å². The zero-order valence-electron chi connectivity index (χ0n) is 18.7. The van der Waals surface area contributed by atoms with Crippen LogP contribution < -0.4 is 15.0 Å². The molecule has 3 rings (SSSR count). The summed E-state index contributed by atoms with van der Waals surface area (Å²) in [6, 6.07) is 20.0. The van der Waals surface area contributed by atoms with Gasteiger partial charge in [-0.25, -0.2) is 16.8 Å². The Kier molecular flexibility index (Phi) is 8.43. The summed E-state index contributed by atoms with van der Waals surface area (Å²) in [4.78, 5) is 14.0. The number of hydrazine groups is 1. The fraction of sp³-hybridized carbons (Fsp3) is 0.208. The molecule has 0 heterocycles. The maximum absolute atomic E-state index is 12.7. The van der Waals surface area contributed by atoms with Gasteiger partial charge in [0, 0.05) is 11.3 Å². The van der Waals surface area contributed by atoms with Gasteiger partial charge in [-0.3, -0.25) is 14.9 Å². The van der Waals surface area contributed by atoms with Gasteiger partial charge in [-0.2, -0.15) is 0 Å². The first-order valence-electron chi connectivity index (χ1n) is 10.8. The molecule has 0 atom stereocenters. The third kappa shape index (κ3) is 6.89. The number of nitrogens with one attached hydrogen (secondary N) is 3. The average molecular weight is 502 g/mol. The van der Waals surface area contributed by atoms with E-state index in [2.05, 4.69) is 17.1 Å². The lowest BCUT2D eigenvalue weighted by Crippen LogP contribution is -2.41. The summed E-state index contributed by atoms with van der Waals surface area (Å²) < 4.78 is 52.7. The first-order valence-corrected chi connectivity index (χ1v) is 13.8. The van der Waals surface area contributed by atoms with Gasteiger partial charge >= 0.3 is 0 Å². The Morgan fingerprint density at radius 2 is 1.32 bits per heavy atom. The lowest BCUT2D eigenvalue weighted by atomic mass is 10.1. The molecule has 0 aliphatic carbocycles. The standard InChI is InChI=1S/C24H27N3O5S2/c1-2-3-5-8-19-11-15-22(16-12-19)33(29,30)26-21-13-17-23(18-14-21)34(31,32)27-25-24(28)20-9-6-4-7-10-20/h4,6-7,9-18,26-27H,2-3,5,8H2,1H3,(H,25,28). The zero-order chi connectivity index (χ0) is 24.6. The number of anilines is 1. The molecule has 3 N–H and O–H groups in total. The van der Waals surface area contributed by atoms with Crippen molar-refractivity contribution in [3.05, 3.63) is 90.0 Å². The normalized spacial score (nSPS) is 11.7. The van der Waals surface area contributed by atoms with Gasteiger partial charge in [-0.05, 0) is 66.9 Å². The van der Waals surface area contributed by atoms with Crippen LogP contribution >= 0.6 is 0 Å². The number of sulfonamides is 2. The minimum absolute atomic E-state index is 0.119. The summed E-state index contributed by atoms with van der Waals surface area (Å²) >= 11 is 0.